The molecule has 3 nitrogen and oxygen atoms in total. The summed E-state index contributed by atoms with van der Waals surface area (Å²) in [6, 6.07) is 11.0. The molecule has 1 fully saturated rings. The van der Waals surface area contributed by atoms with Gasteiger partial charge < -0.3 is 5.32 Å². The number of hydrogen-bond acceptors (Lipinski definition) is 2. The van der Waals surface area contributed by atoms with E-state index in [1.165, 1.54) is 31.4 Å². The minimum absolute atomic E-state index is 0.338. The van der Waals surface area contributed by atoms with E-state index in [0.29, 0.717) is 11.1 Å². The van der Waals surface area contributed by atoms with Gasteiger partial charge in [0.05, 0.1) is 5.02 Å². The lowest BCUT2D eigenvalue weighted by Gasteiger charge is -2.24. The van der Waals surface area contributed by atoms with Crippen molar-refractivity contribution in [2.45, 2.75) is 45.1 Å². The van der Waals surface area contributed by atoms with Crippen molar-refractivity contribution in [3.05, 3.63) is 52.9 Å². The summed E-state index contributed by atoms with van der Waals surface area (Å²) in [5, 5.41) is 4.08. The molecule has 0 spiro atoms. The zero-order chi connectivity index (χ0) is 17.4. The van der Waals surface area contributed by atoms with Crippen LogP contribution in [0.1, 0.15) is 37.8 Å². The fourth-order valence-electron chi connectivity index (χ4n) is 3.70. The maximum atomic E-state index is 13.5. The third-order valence-corrected chi connectivity index (χ3v) is 5.28. The maximum Gasteiger partial charge on any atom is 0.139 e. The van der Waals surface area contributed by atoms with Gasteiger partial charge in [-0.25, -0.2) is 9.37 Å². The van der Waals surface area contributed by atoms with Crippen LogP contribution in [0.15, 0.2) is 36.4 Å². The Morgan fingerprint density at radius 2 is 1.96 bits per heavy atom. The molecule has 0 aliphatic heterocycles. The van der Waals surface area contributed by atoms with Crippen LogP contribution in [-0.2, 0) is 0 Å². The number of nitrogens with zero attached hydrogens (tertiary/aromatic N) is 2. The Kier molecular flexibility index (Phi) is 4.38. The number of anilines is 1. The molecule has 0 atom stereocenters. The molecule has 1 aliphatic carbocycles. The number of imidazole rings is 1. The summed E-state index contributed by atoms with van der Waals surface area (Å²) in [5.41, 5.74) is 3.51. The monoisotopic (exact) mass is 357 g/mol. The van der Waals surface area contributed by atoms with E-state index in [4.69, 9.17) is 16.6 Å². The van der Waals surface area contributed by atoms with E-state index in [0.717, 1.165) is 41.3 Å². The Bertz CT molecular complexity index is 913. The van der Waals surface area contributed by atoms with Crippen LogP contribution in [0.25, 0.3) is 16.9 Å². The van der Waals surface area contributed by atoms with Gasteiger partial charge in [-0.3, -0.25) is 4.40 Å². The second-order valence-electron chi connectivity index (χ2n) is 6.77. The number of fused-ring (bicyclic) bond motifs is 1. The molecule has 5 heteroatoms. The van der Waals surface area contributed by atoms with Gasteiger partial charge >= 0.3 is 0 Å². The fourth-order valence-corrected chi connectivity index (χ4v) is 3.95. The predicted molar refractivity (Wildman–Crippen MR) is 101 cm³/mol. The average molecular weight is 358 g/mol. The molecule has 2 aromatic heterocycles. The SMILES string of the molecule is Cc1cccc2nc(-c3ccc(F)cc3Cl)c(NC3CCCCC3)n12. The standard InChI is InChI=1S/C20H21ClFN3/c1-13-6-5-9-18-24-19(16-11-10-14(22)12-17(16)21)20(25(13)18)23-15-7-3-2-4-8-15/h5-6,9-12,15,23H,2-4,7-8H2,1H3. The van der Waals surface area contributed by atoms with E-state index in [-0.39, 0.29) is 5.82 Å². The normalized spacial score (nSPS) is 15.6. The maximum absolute atomic E-state index is 13.5. The van der Waals surface area contributed by atoms with Crippen LogP contribution in [0.4, 0.5) is 10.2 Å². The third kappa shape index (κ3) is 3.11. The molecule has 0 saturated heterocycles. The molecule has 130 valence electrons. The van der Waals surface area contributed by atoms with Crippen LogP contribution in [0.2, 0.25) is 5.02 Å². The summed E-state index contributed by atoms with van der Waals surface area (Å²) < 4.78 is 15.6. The molecule has 1 aromatic carbocycles. The topological polar surface area (TPSA) is 29.3 Å². The Labute approximate surface area is 151 Å². The first kappa shape index (κ1) is 16.4. The van der Waals surface area contributed by atoms with Crippen molar-refractivity contribution in [2.24, 2.45) is 0 Å². The molecule has 0 radical (unpaired) electrons. The van der Waals surface area contributed by atoms with E-state index >= 15 is 0 Å². The van der Waals surface area contributed by atoms with Crippen LogP contribution >= 0.6 is 11.6 Å². The van der Waals surface area contributed by atoms with Crippen LogP contribution in [0, 0.1) is 12.7 Å². The first-order valence-corrected chi connectivity index (χ1v) is 9.21. The lowest BCUT2D eigenvalue weighted by Crippen LogP contribution is -2.23. The fraction of sp³-hybridized carbons (Fsp3) is 0.350. The molecule has 1 aliphatic rings. The minimum Gasteiger partial charge on any atom is -0.367 e. The van der Waals surface area contributed by atoms with Gasteiger partial charge in [-0.1, -0.05) is 36.9 Å². The van der Waals surface area contributed by atoms with Gasteiger partial charge in [0.15, 0.2) is 0 Å². The van der Waals surface area contributed by atoms with E-state index in [9.17, 15) is 4.39 Å². The van der Waals surface area contributed by atoms with Crippen molar-refractivity contribution >= 4 is 23.1 Å². The molecular weight excluding hydrogens is 337 g/mol. The van der Waals surface area contributed by atoms with Crippen molar-refractivity contribution in [1.82, 2.24) is 9.38 Å². The molecule has 0 unspecified atom stereocenters. The lowest BCUT2D eigenvalue weighted by atomic mass is 9.95. The van der Waals surface area contributed by atoms with Gasteiger partial charge in [0.1, 0.15) is 23.0 Å². The quantitative estimate of drug-likeness (QED) is 0.637. The largest absolute Gasteiger partial charge is 0.367 e. The third-order valence-electron chi connectivity index (χ3n) is 4.97. The summed E-state index contributed by atoms with van der Waals surface area (Å²) in [4.78, 5) is 4.79. The lowest BCUT2D eigenvalue weighted by molar-refractivity contribution is 0.461. The zero-order valence-corrected chi connectivity index (χ0v) is 15.0. The highest BCUT2D eigenvalue weighted by Gasteiger charge is 2.21. The van der Waals surface area contributed by atoms with E-state index in [2.05, 4.69) is 22.7 Å². The van der Waals surface area contributed by atoms with E-state index in [1.807, 2.05) is 12.1 Å². The van der Waals surface area contributed by atoms with Gasteiger partial charge in [-0.15, -0.1) is 0 Å². The average Bonchev–Trinajstić information content (AvgIpc) is 2.95. The highest BCUT2D eigenvalue weighted by molar-refractivity contribution is 6.33. The smallest absolute Gasteiger partial charge is 0.139 e. The molecule has 1 saturated carbocycles. The number of hydrogen-bond donors (Lipinski definition) is 1. The molecular formula is C20H21ClFN3. The number of rotatable bonds is 3. The van der Waals surface area contributed by atoms with Gasteiger partial charge in [-0.2, -0.15) is 0 Å². The minimum atomic E-state index is -0.338. The van der Waals surface area contributed by atoms with E-state index in [1.54, 1.807) is 6.07 Å². The number of halogens is 2. The number of aromatic nitrogens is 2. The van der Waals surface area contributed by atoms with Crippen LogP contribution in [-0.4, -0.2) is 15.4 Å². The van der Waals surface area contributed by atoms with Crippen LogP contribution in [0.5, 0.6) is 0 Å². The van der Waals surface area contributed by atoms with Crippen molar-refractivity contribution in [2.75, 3.05) is 5.32 Å². The summed E-state index contributed by atoms with van der Waals surface area (Å²) in [6.45, 7) is 2.07. The van der Waals surface area contributed by atoms with Gasteiger partial charge in [0.2, 0.25) is 0 Å². The molecule has 0 amide bonds. The molecule has 2 heterocycles. The molecule has 25 heavy (non-hydrogen) atoms. The number of aryl methyl sites for hydroxylation is 1. The molecule has 3 aromatic rings. The summed E-state index contributed by atoms with van der Waals surface area (Å²) in [7, 11) is 0. The highest BCUT2D eigenvalue weighted by atomic mass is 35.5. The summed E-state index contributed by atoms with van der Waals surface area (Å²) in [5.74, 6) is 0.615. The van der Waals surface area contributed by atoms with Crippen molar-refractivity contribution in [3.63, 3.8) is 0 Å². The van der Waals surface area contributed by atoms with Crippen LogP contribution in [0.3, 0.4) is 0 Å². The molecule has 1 N–H and O–H groups in total. The van der Waals surface area contributed by atoms with Gasteiger partial charge in [-0.05, 0) is 50.1 Å². The van der Waals surface area contributed by atoms with Crippen molar-refractivity contribution in [1.29, 1.82) is 0 Å². The zero-order valence-electron chi connectivity index (χ0n) is 14.2. The summed E-state index contributed by atoms with van der Waals surface area (Å²) >= 11 is 6.33. The Morgan fingerprint density at radius 3 is 2.72 bits per heavy atom. The predicted octanol–water partition coefficient (Wildman–Crippen LogP) is 5.85. The number of benzene rings is 1. The van der Waals surface area contributed by atoms with Gasteiger partial charge in [0.25, 0.3) is 0 Å². The second-order valence-corrected chi connectivity index (χ2v) is 7.18. The highest BCUT2D eigenvalue weighted by Crippen LogP contribution is 2.36. The molecule has 4 rings (SSSR count). The number of pyridine rings is 1. The van der Waals surface area contributed by atoms with Crippen molar-refractivity contribution < 1.29 is 4.39 Å². The van der Waals surface area contributed by atoms with Gasteiger partial charge in [0, 0.05) is 17.3 Å². The first-order valence-electron chi connectivity index (χ1n) is 8.83. The number of nitrogens with one attached hydrogen (secondary N) is 1. The van der Waals surface area contributed by atoms with Crippen LogP contribution < -0.4 is 5.32 Å². The molecule has 0 bridgehead atoms. The van der Waals surface area contributed by atoms with E-state index < -0.39 is 0 Å². The second kappa shape index (κ2) is 6.68. The van der Waals surface area contributed by atoms with Crippen molar-refractivity contribution in [3.8, 4) is 11.3 Å². The Balaban J connectivity index is 1.87. The first-order chi connectivity index (χ1) is 12.1. The Morgan fingerprint density at radius 1 is 1.16 bits per heavy atom. The Hall–Kier alpha value is -2.07. The summed E-state index contributed by atoms with van der Waals surface area (Å²) in [6.07, 6.45) is 6.13.